The van der Waals surface area contributed by atoms with Gasteiger partial charge in [-0.15, -0.1) is 5.10 Å². The van der Waals surface area contributed by atoms with Crippen LogP contribution in [-0.2, 0) is 12.1 Å². The summed E-state index contributed by atoms with van der Waals surface area (Å²) in [4.78, 5) is 16.0. The quantitative estimate of drug-likeness (QED) is 0.849. The predicted molar refractivity (Wildman–Crippen MR) is 90.6 cm³/mol. The number of aliphatic hydroxyl groups is 1. The topological polar surface area (TPSA) is 92.9 Å². The highest BCUT2D eigenvalue weighted by atomic mass is 19.1. The van der Waals surface area contributed by atoms with Crippen LogP contribution in [0.2, 0.25) is 0 Å². The van der Waals surface area contributed by atoms with Gasteiger partial charge in [0.2, 0.25) is 0 Å². The van der Waals surface area contributed by atoms with Crippen LogP contribution in [0.4, 0.5) is 4.39 Å². The Kier molecular flexibility index (Phi) is 4.44. The smallest absolute Gasteiger partial charge is 0.254 e. The molecule has 26 heavy (non-hydrogen) atoms. The van der Waals surface area contributed by atoms with Crippen molar-refractivity contribution < 1.29 is 14.3 Å². The molecule has 2 fully saturated rings. The molecule has 2 saturated carbocycles. The highest BCUT2D eigenvalue weighted by molar-refractivity contribution is 5.94. The maximum atomic E-state index is 13.7. The molecule has 2 N–H and O–H groups in total. The lowest BCUT2D eigenvalue weighted by molar-refractivity contribution is -0.0427. The number of carbonyl (C=O) groups excluding carboxylic acids is 1. The second-order valence-electron chi connectivity index (χ2n) is 7.34. The Morgan fingerprint density at radius 3 is 2.96 bits per heavy atom. The van der Waals surface area contributed by atoms with Crippen molar-refractivity contribution in [2.24, 2.45) is 5.92 Å². The Hall–Kier alpha value is -2.35. The van der Waals surface area contributed by atoms with Crippen LogP contribution in [0.1, 0.15) is 54.6 Å². The van der Waals surface area contributed by atoms with Gasteiger partial charge in [-0.3, -0.25) is 14.5 Å². The van der Waals surface area contributed by atoms with Gasteiger partial charge in [0.25, 0.3) is 5.91 Å². The van der Waals surface area contributed by atoms with E-state index >= 15 is 0 Å². The number of nitrogens with zero attached hydrogens (tertiary/aromatic N) is 4. The normalized spacial score (nSPS) is 24.2. The van der Waals surface area contributed by atoms with E-state index in [1.165, 1.54) is 12.3 Å². The lowest BCUT2D eigenvalue weighted by atomic mass is 9.78. The van der Waals surface area contributed by atoms with E-state index in [9.17, 15) is 14.3 Å². The second-order valence-corrected chi connectivity index (χ2v) is 7.34. The van der Waals surface area contributed by atoms with E-state index in [0.717, 1.165) is 44.7 Å². The third-order valence-electron chi connectivity index (χ3n) is 5.61. The summed E-state index contributed by atoms with van der Waals surface area (Å²) in [6.07, 6.45) is 9.54. The minimum atomic E-state index is -0.819. The van der Waals surface area contributed by atoms with Gasteiger partial charge in [0.15, 0.2) is 5.82 Å². The van der Waals surface area contributed by atoms with Crippen molar-refractivity contribution in [3.63, 3.8) is 0 Å². The van der Waals surface area contributed by atoms with Crippen molar-refractivity contribution in [2.75, 3.05) is 0 Å². The van der Waals surface area contributed by atoms with E-state index in [-0.39, 0.29) is 17.5 Å². The summed E-state index contributed by atoms with van der Waals surface area (Å²) in [5, 5.41) is 21.6. The van der Waals surface area contributed by atoms with Crippen molar-refractivity contribution in [1.82, 2.24) is 25.3 Å². The van der Waals surface area contributed by atoms with Crippen LogP contribution in [0.15, 0.2) is 24.7 Å². The van der Waals surface area contributed by atoms with E-state index in [4.69, 9.17) is 0 Å². The molecule has 8 heteroatoms. The van der Waals surface area contributed by atoms with Crippen molar-refractivity contribution in [2.45, 2.75) is 56.7 Å². The second kappa shape index (κ2) is 6.75. The fraction of sp³-hybridized carbons (Fsp3) is 0.556. The molecule has 0 spiro atoms. The average Bonchev–Trinajstić information content (AvgIpc) is 3.24. The Morgan fingerprint density at radius 1 is 1.38 bits per heavy atom. The zero-order chi connectivity index (χ0) is 18.1. The highest BCUT2D eigenvalue weighted by Crippen LogP contribution is 2.39. The molecule has 0 radical (unpaired) electrons. The fourth-order valence-electron chi connectivity index (χ4n) is 3.86. The Morgan fingerprint density at radius 2 is 2.23 bits per heavy atom. The van der Waals surface area contributed by atoms with Crippen LogP contribution in [0.5, 0.6) is 0 Å². The molecular formula is C18H22FN5O2. The zero-order valence-electron chi connectivity index (χ0n) is 14.4. The molecule has 2 aromatic heterocycles. The Balaban J connectivity index is 1.41. The molecule has 0 bridgehead atoms. The molecule has 4 rings (SSSR count). The molecule has 2 heterocycles. The van der Waals surface area contributed by atoms with Gasteiger partial charge in [0.1, 0.15) is 11.3 Å². The van der Waals surface area contributed by atoms with Crippen LogP contribution in [0.3, 0.4) is 0 Å². The molecule has 0 aromatic carbocycles. The summed E-state index contributed by atoms with van der Waals surface area (Å²) in [5.74, 6) is -0.825. The van der Waals surface area contributed by atoms with E-state index < -0.39 is 17.3 Å². The number of hydrogen-bond donors (Lipinski definition) is 2. The summed E-state index contributed by atoms with van der Waals surface area (Å²) >= 11 is 0. The van der Waals surface area contributed by atoms with Crippen LogP contribution in [0.25, 0.3) is 0 Å². The third kappa shape index (κ3) is 3.21. The van der Waals surface area contributed by atoms with Gasteiger partial charge >= 0.3 is 0 Å². The van der Waals surface area contributed by atoms with Gasteiger partial charge in [-0.2, -0.15) is 0 Å². The average molecular weight is 359 g/mol. The van der Waals surface area contributed by atoms with Gasteiger partial charge in [-0.1, -0.05) is 11.6 Å². The minimum absolute atomic E-state index is 0.0147. The van der Waals surface area contributed by atoms with Crippen LogP contribution >= 0.6 is 0 Å². The molecule has 2 aliphatic carbocycles. The molecule has 1 amide bonds. The number of rotatable bonds is 5. The number of hydrogen-bond acceptors (Lipinski definition) is 5. The Bertz CT molecular complexity index is 804. The van der Waals surface area contributed by atoms with Gasteiger partial charge in [0.05, 0.1) is 18.0 Å². The van der Waals surface area contributed by atoms with Gasteiger partial charge < -0.3 is 10.4 Å². The molecule has 0 unspecified atom stereocenters. The summed E-state index contributed by atoms with van der Waals surface area (Å²) in [5.41, 5.74) is -0.178. The van der Waals surface area contributed by atoms with Gasteiger partial charge in [-0.25, -0.2) is 4.39 Å². The fourth-order valence-corrected chi connectivity index (χ4v) is 3.86. The van der Waals surface area contributed by atoms with Gasteiger partial charge in [0, 0.05) is 18.8 Å². The van der Waals surface area contributed by atoms with Crippen molar-refractivity contribution in [3.8, 4) is 0 Å². The maximum absolute atomic E-state index is 13.7. The minimum Gasteiger partial charge on any atom is -0.383 e. The molecule has 2 aromatic rings. The van der Waals surface area contributed by atoms with Gasteiger partial charge in [-0.05, 0) is 44.1 Å². The SMILES string of the molecule is O=C(N[C@H]1CCC[C@H]1Cn1cc(C2(O)CCC2)nn1)c1ccncc1F. The number of pyridine rings is 1. The first-order chi connectivity index (χ1) is 12.5. The molecular weight excluding hydrogens is 337 g/mol. The molecule has 0 aliphatic heterocycles. The number of nitrogens with one attached hydrogen (secondary N) is 1. The summed E-state index contributed by atoms with van der Waals surface area (Å²) in [7, 11) is 0. The van der Waals surface area contributed by atoms with Crippen LogP contribution in [0, 0.1) is 11.7 Å². The number of aromatic nitrogens is 4. The van der Waals surface area contributed by atoms with Crippen molar-refractivity contribution in [3.05, 3.63) is 41.7 Å². The Labute approximate surface area is 150 Å². The highest BCUT2D eigenvalue weighted by Gasteiger charge is 2.39. The predicted octanol–water partition coefficient (Wildman–Crippen LogP) is 1.78. The number of carbonyl (C=O) groups is 1. The maximum Gasteiger partial charge on any atom is 0.254 e. The first-order valence-corrected chi connectivity index (χ1v) is 9.08. The van der Waals surface area contributed by atoms with E-state index in [1.807, 2.05) is 0 Å². The van der Waals surface area contributed by atoms with E-state index in [1.54, 1.807) is 10.9 Å². The van der Waals surface area contributed by atoms with E-state index in [2.05, 4.69) is 20.6 Å². The molecule has 138 valence electrons. The monoisotopic (exact) mass is 359 g/mol. The lowest BCUT2D eigenvalue weighted by Crippen LogP contribution is -2.39. The standard InChI is InChI=1S/C18H22FN5O2/c19-14-9-20-8-5-13(14)17(25)21-15-4-1-3-12(15)10-24-11-16(22-23-24)18(26)6-2-7-18/h5,8-9,11-12,15,26H,1-4,6-7,10H2,(H,21,25)/t12-,15-/m0/s1. The summed E-state index contributed by atoms with van der Waals surface area (Å²) in [6, 6.07) is 1.35. The number of amides is 1. The first kappa shape index (κ1) is 17.1. The molecule has 7 nitrogen and oxygen atoms in total. The third-order valence-corrected chi connectivity index (χ3v) is 5.61. The molecule has 0 saturated heterocycles. The van der Waals surface area contributed by atoms with Crippen LogP contribution in [-0.4, -0.2) is 37.0 Å². The van der Waals surface area contributed by atoms with Crippen molar-refractivity contribution >= 4 is 5.91 Å². The van der Waals surface area contributed by atoms with E-state index in [0.29, 0.717) is 12.2 Å². The number of halogens is 1. The molecule has 2 aliphatic rings. The largest absolute Gasteiger partial charge is 0.383 e. The first-order valence-electron chi connectivity index (χ1n) is 9.08. The summed E-state index contributed by atoms with van der Waals surface area (Å²) in [6.45, 7) is 0.618. The summed E-state index contributed by atoms with van der Waals surface area (Å²) < 4.78 is 15.5. The molecule has 2 atom stereocenters. The zero-order valence-corrected chi connectivity index (χ0v) is 14.4. The van der Waals surface area contributed by atoms with Crippen LogP contribution < -0.4 is 5.32 Å². The van der Waals surface area contributed by atoms with Crippen molar-refractivity contribution in [1.29, 1.82) is 0 Å². The lowest BCUT2D eigenvalue weighted by Gasteiger charge is -2.34.